The van der Waals surface area contributed by atoms with Crippen LogP contribution in [0.3, 0.4) is 0 Å². The van der Waals surface area contributed by atoms with Crippen LogP contribution in [0.1, 0.15) is 34.0 Å². The molecule has 0 fully saturated rings. The topological polar surface area (TPSA) is 77.8 Å². The van der Waals surface area contributed by atoms with Crippen molar-refractivity contribution in [3.05, 3.63) is 27.5 Å². The Morgan fingerprint density at radius 3 is 2.55 bits per heavy atom. The minimum absolute atomic E-state index is 0.134. The third-order valence-corrected chi connectivity index (χ3v) is 4.33. The summed E-state index contributed by atoms with van der Waals surface area (Å²) >= 11 is 1.24. The zero-order valence-electron chi connectivity index (χ0n) is 12.0. The minimum Gasteiger partial charge on any atom is -0.478 e. The largest absolute Gasteiger partial charge is 0.478 e. The monoisotopic (exact) mass is 297 g/mol. The van der Waals surface area contributed by atoms with E-state index in [1.54, 1.807) is 27.0 Å². The summed E-state index contributed by atoms with van der Waals surface area (Å²) in [5.74, 6) is -1.21. The zero-order chi connectivity index (χ0) is 15.5. The van der Waals surface area contributed by atoms with Crippen molar-refractivity contribution in [3.8, 4) is 0 Å². The molecule has 0 atom stereocenters. The van der Waals surface area contributed by atoms with Gasteiger partial charge in [-0.05, 0) is 38.5 Å². The molecule has 0 aliphatic heterocycles. The Balaban J connectivity index is 3.01. The van der Waals surface area contributed by atoms with Crippen LogP contribution >= 0.6 is 11.3 Å². The molecule has 1 aromatic rings. The van der Waals surface area contributed by atoms with Crippen molar-refractivity contribution in [2.45, 2.75) is 26.3 Å². The first-order chi connectivity index (χ1) is 9.19. The number of aliphatic hydroxyl groups is 1. The van der Waals surface area contributed by atoms with E-state index < -0.39 is 11.5 Å². The summed E-state index contributed by atoms with van der Waals surface area (Å²) in [6.45, 7) is 5.24. The Morgan fingerprint density at radius 2 is 2.05 bits per heavy atom. The van der Waals surface area contributed by atoms with Gasteiger partial charge in [-0.3, -0.25) is 4.79 Å². The molecule has 0 radical (unpaired) electrons. The molecule has 6 heteroatoms. The number of carboxylic acids is 1. The molecular weight excluding hydrogens is 278 g/mol. The van der Waals surface area contributed by atoms with Crippen LogP contribution in [0.25, 0.3) is 6.08 Å². The number of carbonyl (C=O) groups excluding carboxylic acids is 1. The van der Waals surface area contributed by atoms with Gasteiger partial charge in [0.2, 0.25) is 0 Å². The lowest BCUT2D eigenvalue weighted by Gasteiger charge is -2.33. The number of carbonyl (C=O) groups is 2. The van der Waals surface area contributed by atoms with Gasteiger partial charge in [-0.1, -0.05) is 0 Å². The molecule has 0 aromatic carbocycles. The second-order valence-corrected chi connectivity index (χ2v) is 6.25. The Hall–Kier alpha value is -1.66. The van der Waals surface area contributed by atoms with Crippen LogP contribution in [-0.4, -0.2) is 46.2 Å². The maximum absolute atomic E-state index is 12.3. The standard InChI is InChI=1S/C14H19NO4S/c1-9-7-11(20-10(9)5-6-12(17)18)13(19)15(4)14(2,3)8-16/h5-7,16H,8H2,1-4H3,(H,17,18)/b6-5+. The van der Waals surface area contributed by atoms with Crippen LogP contribution in [-0.2, 0) is 4.79 Å². The van der Waals surface area contributed by atoms with Gasteiger partial charge in [0, 0.05) is 18.0 Å². The predicted octanol–water partition coefficient (Wildman–Crippen LogP) is 2.00. The first kappa shape index (κ1) is 16.4. The third kappa shape index (κ3) is 3.68. The third-order valence-electron chi connectivity index (χ3n) is 3.14. The fourth-order valence-electron chi connectivity index (χ4n) is 1.46. The molecule has 1 rings (SSSR count). The van der Waals surface area contributed by atoms with E-state index in [0.717, 1.165) is 16.5 Å². The van der Waals surface area contributed by atoms with E-state index in [0.29, 0.717) is 4.88 Å². The summed E-state index contributed by atoms with van der Waals surface area (Å²) in [5, 5.41) is 17.9. The number of aryl methyl sites for hydroxylation is 1. The second kappa shape index (κ2) is 6.19. The van der Waals surface area contributed by atoms with Crippen molar-refractivity contribution >= 4 is 29.3 Å². The summed E-state index contributed by atoms with van der Waals surface area (Å²) in [6.07, 6.45) is 2.53. The summed E-state index contributed by atoms with van der Waals surface area (Å²) in [4.78, 5) is 25.6. The average molecular weight is 297 g/mol. The molecule has 0 spiro atoms. The molecule has 0 aliphatic carbocycles. The van der Waals surface area contributed by atoms with E-state index in [9.17, 15) is 14.7 Å². The highest BCUT2D eigenvalue weighted by Crippen LogP contribution is 2.26. The van der Waals surface area contributed by atoms with E-state index in [-0.39, 0.29) is 12.5 Å². The van der Waals surface area contributed by atoms with E-state index in [2.05, 4.69) is 0 Å². The first-order valence-corrected chi connectivity index (χ1v) is 6.91. The van der Waals surface area contributed by atoms with Gasteiger partial charge >= 0.3 is 5.97 Å². The highest BCUT2D eigenvalue weighted by atomic mass is 32.1. The number of likely N-dealkylation sites (N-methyl/N-ethyl adjacent to an activating group) is 1. The van der Waals surface area contributed by atoms with Gasteiger partial charge in [0.15, 0.2) is 0 Å². The Kier molecular flexibility index (Phi) is 5.08. The lowest BCUT2D eigenvalue weighted by molar-refractivity contribution is -0.131. The fourth-order valence-corrected chi connectivity index (χ4v) is 2.51. The van der Waals surface area contributed by atoms with Crippen molar-refractivity contribution in [2.24, 2.45) is 0 Å². The van der Waals surface area contributed by atoms with Gasteiger partial charge in [-0.15, -0.1) is 11.3 Å². The molecule has 0 saturated carbocycles. The highest BCUT2D eigenvalue weighted by Gasteiger charge is 2.28. The lowest BCUT2D eigenvalue weighted by atomic mass is 10.1. The van der Waals surface area contributed by atoms with E-state index in [1.807, 2.05) is 6.92 Å². The first-order valence-electron chi connectivity index (χ1n) is 6.09. The Bertz CT molecular complexity index is 545. The Labute approximate surface area is 122 Å². The number of rotatable bonds is 5. The van der Waals surface area contributed by atoms with Crippen LogP contribution in [0, 0.1) is 6.92 Å². The highest BCUT2D eigenvalue weighted by molar-refractivity contribution is 7.15. The second-order valence-electron chi connectivity index (χ2n) is 5.16. The number of thiophene rings is 1. The molecule has 1 heterocycles. The molecule has 0 aliphatic rings. The molecular formula is C14H19NO4S. The van der Waals surface area contributed by atoms with E-state index in [4.69, 9.17) is 5.11 Å². The van der Waals surface area contributed by atoms with Crippen LogP contribution in [0.15, 0.2) is 12.1 Å². The average Bonchev–Trinajstić information content (AvgIpc) is 2.75. The number of aliphatic carboxylic acids is 1. The van der Waals surface area contributed by atoms with E-state index >= 15 is 0 Å². The van der Waals surface area contributed by atoms with Crippen LogP contribution in [0.5, 0.6) is 0 Å². The molecule has 1 aromatic heterocycles. The fraction of sp³-hybridized carbons (Fsp3) is 0.429. The minimum atomic E-state index is -1.02. The summed E-state index contributed by atoms with van der Waals surface area (Å²) in [6, 6.07) is 1.73. The SMILES string of the molecule is Cc1cc(C(=O)N(C)C(C)(C)CO)sc1/C=C/C(=O)O. The van der Waals surface area contributed by atoms with Crippen LogP contribution in [0.4, 0.5) is 0 Å². The van der Waals surface area contributed by atoms with Crippen LogP contribution in [0.2, 0.25) is 0 Å². The summed E-state index contributed by atoms with van der Waals surface area (Å²) in [7, 11) is 1.64. The molecule has 110 valence electrons. The van der Waals surface area contributed by atoms with Crippen molar-refractivity contribution in [2.75, 3.05) is 13.7 Å². The summed E-state index contributed by atoms with van der Waals surface area (Å²) in [5.41, 5.74) is 0.206. The number of amides is 1. The van der Waals surface area contributed by atoms with Gasteiger partial charge in [0.1, 0.15) is 0 Å². The maximum atomic E-state index is 12.3. The normalized spacial score (nSPS) is 11.8. The molecule has 2 N–H and O–H groups in total. The summed E-state index contributed by atoms with van der Waals surface area (Å²) < 4.78 is 0. The van der Waals surface area contributed by atoms with Gasteiger partial charge in [0.25, 0.3) is 5.91 Å². The Morgan fingerprint density at radius 1 is 1.45 bits per heavy atom. The van der Waals surface area contributed by atoms with Crippen molar-refractivity contribution in [1.82, 2.24) is 4.90 Å². The van der Waals surface area contributed by atoms with Gasteiger partial charge in [0.05, 0.1) is 17.0 Å². The smallest absolute Gasteiger partial charge is 0.328 e. The number of hydrogen-bond donors (Lipinski definition) is 2. The number of carboxylic acid groups (broad SMARTS) is 1. The van der Waals surface area contributed by atoms with Gasteiger partial charge in [-0.25, -0.2) is 4.79 Å². The zero-order valence-corrected chi connectivity index (χ0v) is 12.8. The quantitative estimate of drug-likeness (QED) is 0.815. The van der Waals surface area contributed by atoms with Gasteiger partial charge in [-0.2, -0.15) is 0 Å². The predicted molar refractivity (Wildman–Crippen MR) is 79.0 cm³/mol. The number of nitrogens with zero attached hydrogens (tertiary/aromatic N) is 1. The molecule has 20 heavy (non-hydrogen) atoms. The number of hydrogen-bond acceptors (Lipinski definition) is 4. The van der Waals surface area contributed by atoms with Gasteiger partial charge < -0.3 is 15.1 Å². The van der Waals surface area contributed by atoms with Crippen LogP contribution < -0.4 is 0 Å². The van der Waals surface area contributed by atoms with Crippen molar-refractivity contribution in [3.63, 3.8) is 0 Å². The molecule has 0 saturated heterocycles. The lowest BCUT2D eigenvalue weighted by Crippen LogP contribution is -2.47. The maximum Gasteiger partial charge on any atom is 0.328 e. The molecule has 5 nitrogen and oxygen atoms in total. The molecule has 0 unspecified atom stereocenters. The molecule has 0 bridgehead atoms. The van der Waals surface area contributed by atoms with Crippen molar-refractivity contribution in [1.29, 1.82) is 0 Å². The van der Waals surface area contributed by atoms with E-state index in [1.165, 1.54) is 22.3 Å². The molecule has 1 amide bonds. The van der Waals surface area contributed by atoms with Crippen molar-refractivity contribution < 1.29 is 19.8 Å². The number of aliphatic hydroxyl groups excluding tert-OH is 1.